The summed E-state index contributed by atoms with van der Waals surface area (Å²) in [4.78, 5) is 0. The zero-order chi connectivity index (χ0) is 13.3. The topological polar surface area (TPSA) is 0 Å². The van der Waals surface area contributed by atoms with Gasteiger partial charge in [0.15, 0.2) is 0 Å². The molecule has 1 aromatic rings. The molecule has 0 nitrogen and oxygen atoms in total. The average molecular weight is 226 g/mol. The van der Waals surface area contributed by atoms with Crippen LogP contribution in [-0.2, 0) is 0 Å². The van der Waals surface area contributed by atoms with Crippen LogP contribution in [0, 0.1) is 34.6 Å². The second kappa shape index (κ2) is 5.12. The summed E-state index contributed by atoms with van der Waals surface area (Å²) in [6.07, 6.45) is 0.636. The van der Waals surface area contributed by atoms with Gasteiger partial charge in [0.1, 0.15) is 0 Å². The van der Waals surface area contributed by atoms with E-state index in [9.17, 15) is 0 Å². The monoisotopic (exact) mass is 226 g/mol. The van der Waals surface area contributed by atoms with Crippen molar-refractivity contribution in [2.75, 3.05) is 0 Å². The molecule has 0 saturated heterocycles. The van der Waals surface area contributed by atoms with Crippen LogP contribution in [0.15, 0.2) is 5.57 Å². The van der Waals surface area contributed by atoms with Gasteiger partial charge in [0.2, 0.25) is 0 Å². The van der Waals surface area contributed by atoms with Crippen LogP contribution in [0.5, 0.6) is 0 Å². The zero-order valence-electron chi connectivity index (χ0n) is 12.3. The van der Waals surface area contributed by atoms with Gasteiger partial charge in [0, 0.05) is 0 Å². The normalized spacial score (nSPS) is 12.6. The molecular formula is C16H23B. The minimum Gasteiger partial charge on any atom is -0.0783 e. The summed E-state index contributed by atoms with van der Waals surface area (Å²) in [6, 6.07) is 0. The fraction of sp³-hybridized carbons (Fsp3) is 0.500. The molecule has 0 unspecified atom stereocenters. The van der Waals surface area contributed by atoms with Crippen LogP contribution in [0.3, 0.4) is 0 Å². The number of hydrogen-bond donors (Lipinski definition) is 0. The molecule has 0 amide bonds. The first-order valence-electron chi connectivity index (χ1n) is 6.26. The lowest BCUT2D eigenvalue weighted by atomic mass is 9.83. The van der Waals surface area contributed by atoms with Gasteiger partial charge in [-0.25, -0.2) is 0 Å². The number of hydrogen-bond acceptors (Lipinski definition) is 0. The molecule has 0 bridgehead atoms. The maximum atomic E-state index is 5.76. The van der Waals surface area contributed by atoms with Gasteiger partial charge in [-0.05, 0) is 87.4 Å². The molecule has 0 fully saturated rings. The van der Waals surface area contributed by atoms with Crippen molar-refractivity contribution in [3.05, 3.63) is 39.0 Å². The van der Waals surface area contributed by atoms with E-state index in [4.69, 9.17) is 7.85 Å². The van der Waals surface area contributed by atoms with Crippen molar-refractivity contribution in [1.82, 2.24) is 0 Å². The van der Waals surface area contributed by atoms with Gasteiger partial charge in [0.25, 0.3) is 0 Å². The Morgan fingerprint density at radius 1 is 0.765 bits per heavy atom. The minimum atomic E-state index is 0.636. The van der Waals surface area contributed by atoms with Crippen molar-refractivity contribution >= 4 is 13.4 Å². The van der Waals surface area contributed by atoms with E-state index < -0.39 is 0 Å². The van der Waals surface area contributed by atoms with Crippen LogP contribution in [0.1, 0.15) is 47.2 Å². The molecule has 0 N–H and O–H groups in total. The maximum absolute atomic E-state index is 5.76. The fourth-order valence-corrected chi connectivity index (χ4v) is 2.43. The quantitative estimate of drug-likeness (QED) is 0.646. The van der Waals surface area contributed by atoms with Gasteiger partial charge in [-0.3, -0.25) is 0 Å². The molecule has 90 valence electrons. The third kappa shape index (κ3) is 2.34. The van der Waals surface area contributed by atoms with Crippen LogP contribution in [0.25, 0.3) is 5.57 Å². The summed E-state index contributed by atoms with van der Waals surface area (Å²) in [5.41, 5.74) is 11.1. The van der Waals surface area contributed by atoms with E-state index in [0.717, 1.165) is 0 Å². The lowest BCUT2D eigenvalue weighted by Gasteiger charge is -2.20. The molecular weight excluding hydrogens is 203 g/mol. The molecule has 1 heteroatoms. The van der Waals surface area contributed by atoms with E-state index in [2.05, 4.69) is 48.5 Å². The Morgan fingerprint density at radius 2 is 1.12 bits per heavy atom. The molecule has 17 heavy (non-hydrogen) atoms. The van der Waals surface area contributed by atoms with Gasteiger partial charge in [-0.2, -0.15) is 0 Å². The van der Waals surface area contributed by atoms with E-state index in [1.807, 2.05) is 0 Å². The molecule has 1 aromatic carbocycles. The lowest BCUT2D eigenvalue weighted by Crippen LogP contribution is -2.02. The molecule has 2 radical (unpaired) electrons. The van der Waals surface area contributed by atoms with Crippen LogP contribution >= 0.6 is 0 Å². The van der Waals surface area contributed by atoms with E-state index >= 15 is 0 Å². The van der Waals surface area contributed by atoms with Gasteiger partial charge >= 0.3 is 0 Å². The molecule has 0 aliphatic heterocycles. The van der Waals surface area contributed by atoms with Crippen molar-refractivity contribution in [1.29, 1.82) is 0 Å². The van der Waals surface area contributed by atoms with E-state index in [1.54, 1.807) is 0 Å². The third-order valence-electron chi connectivity index (χ3n) is 4.32. The second-order valence-corrected chi connectivity index (χ2v) is 5.11. The van der Waals surface area contributed by atoms with Crippen molar-refractivity contribution in [3.8, 4) is 0 Å². The Hall–Kier alpha value is -0.975. The highest BCUT2D eigenvalue weighted by Crippen LogP contribution is 2.32. The summed E-state index contributed by atoms with van der Waals surface area (Å²) in [5, 5.41) is 0. The van der Waals surface area contributed by atoms with Crippen LogP contribution in [-0.4, -0.2) is 7.85 Å². The first-order chi connectivity index (χ1) is 7.82. The van der Waals surface area contributed by atoms with E-state index in [-0.39, 0.29) is 0 Å². The Labute approximate surface area is 108 Å². The molecule has 0 heterocycles. The van der Waals surface area contributed by atoms with Gasteiger partial charge < -0.3 is 0 Å². The van der Waals surface area contributed by atoms with Crippen molar-refractivity contribution in [2.45, 2.75) is 54.8 Å². The smallest absolute Gasteiger partial charge is 0.0712 e. The predicted octanol–water partition coefficient (Wildman–Crippen LogP) is 4.61. The van der Waals surface area contributed by atoms with Gasteiger partial charge in [-0.15, -0.1) is 0 Å². The molecule has 0 aromatic heterocycles. The van der Waals surface area contributed by atoms with E-state index in [0.29, 0.717) is 6.32 Å². The maximum Gasteiger partial charge on any atom is 0.0712 e. The third-order valence-corrected chi connectivity index (χ3v) is 4.32. The molecule has 0 saturated carbocycles. The first-order valence-corrected chi connectivity index (χ1v) is 6.26. The summed E-state index contributed by atoms with van der Waals surface area (Å²) >= 11 is 0. The highest BCUT2D eigenvalue weighted by molar-refractivity contribution is 6.11. The number of benzene rings is 1. The average Bonchev–Trinajstić information content (AvgIpc) is 2.32. The summed E-state index contributed by atoms with van der Waals surface area (Å²) in [5.74, 6) is 0. The Kier molecular flexibility index (Phi) is 4.24. The molecule has 1 rings (SSSR count). The Balaban J connectivity index is 3.67. The Morgan fingerprint density at radius 3 is 1.47 bits per heavy atom. The molecule has 0 spiro atoms. The molecule has 0 aliphatic carbocycles. The van der Waals surface area contributed by atoms with Gasteiger partial charge in [0.05, 0.1) is 7.85 Å². The van der Waals surface area contributed by atoms with Crippen molar-refractivity contribution in [2.24, 2.45) is 0 Å². The van der Waals surface area contributed by atoms with Crippen LogP contribution in [0.2, 0.25) is 6.32 Å². The first kappa shape index (κ1) is 14.1. The predicted molar refractivity (Wildman–Crippen MR) is 79.0 cm³/mol. The minimum absolute atomic E-state index is 0.636. The summed E-state index contributed by atoms with van der Waals surface area (Å²) in [7, 11) is 5.76. The molecule has 0 aliphatic rings. The van der Waals surface area contributed by atoms with Crippen molar-refractivity contribution in [3.63, 3.8) is 0 Å². The molecule has 0 atom stereocenters. The van der Waals surface area contributed by atoms with E-state index in [1.165, 1.54) is 44.5 Å². The Bertz CT molecular complexity index is 450. The van der Waals surface area contributed by atoms with Crippen molar-refractivity contribution < 1.29 is 0 Å². The van der Waals surface area contributed by atoms with Crippen LogP contribution in [0.4, 0.5) is 0 Å². The summed E-state index contributed by atoms with van der Waals surface area (Å²) in [6.45, 7) is 15.4. The standard InChI is InChI=1S/C16H23B/c1-9(8-17)10(2)16-14(6)12(4)11(3)13(5)15(16)7/h8H2,1-7H3/b10-9-. The van der Waals surface area contributed by atoms with Crippen LogP contribution < -0.4 is 0 Å². The largest absolute Gasteiger partial charge is 0.0783 e. The highest BCUT2D eigenvalue weighted by atomic mass is 14.2. The number of rotatable bonds is 2. The fourth-order valence-electron chi connectivity index (χ4n) is 2.43. The number of allylic oxidation sites excluding steroid dienone is 2. The second-order valence-electron chi connectivity index (χ2n) is 5.11. The highest BCUT2D eigenvalue weighted by Gasteiger charge is 2.14. The summed E-state index contributed by atoms with van der Waals surface area (Å²) < 4.78 is 0. The van der Waals surface area contributed by atoms with Gasteiger partial charge in [-0.1, -0.05) is 11.9 Å². The SMILES string of the molecule is [B]C/C(C)=C(/C)c1c(C)c(C)c(C)c(C)c1C. The lowest BCUT2D eigenvalue weighted by molar-refractivity contribution is 1.15. The zero-order valence-corrected chi connectivity index (χ0v) is 12.3.